The summed E-state index contributed by atoms with van der Waals surface area (Å²) in [5.41, 5.74) is 16.8. The highest BCUT2D eigenvalue weighted by Gasteiger charge is 2.11. The minimum atomic E-state index is -0.0751. The van der Waals surface area contributed by atoms with Gasteiger partial charge in [-0.1, -0.05) is 0 Å². The number of ether oxygens (including phenoxy) is 1. The third-order valence-electron chi connectivity index (χ3n) is 1.88. The molecule has 0 radical (unpaired) electrons. The molecule has 0 fully saturated rings. The fourth-order valence-corrected chi connectivity index (χ4v) is 1.98. The van der Waals surface area contributed by atoms with E-state index in [0.717, 1.165) is 11.8 Å². The lowest BCUT2D eigenvalue weighted by atomic mass is 10.5. The van der Waals surface area contributed by atoms with Crippen molar-refractivity contribution >= 4 is 29.3 Å². The predicted octanol–water partition coefficient (Wildman–Crippen LogP) is 0.347. The summed E-state index contributed by atoms with van der Waals surface area (Å²) >= 11 is 1.07. The molecule has 2 aromatic rings. The van der Waals surface area contributed by atoms with Crippen molar-refractivity contribution in [1.82, 2.24) is 24.9 Å². The summed E-state index contributed by atoms with van der Waals surface area (Å²) in [6.07, 6.45) is -0.0751. The minimum absolute atomic E-state index is 0.0509. The van der Waals surface area contributed by atoms with E-state index >= 15 is 0 Å². The molecule has 0 unspecified atom stereocenters. The quantitative estimate of drug-likeness (QED) is 0.673. The molecule has 20 heavy (non-hydrogen) atoms. The molecule has 0 aromatic carbocycles. The second kappa shape index (κ2) is 5.74. The summed E-state index contributed by atoms with van der Waals surface area (Å²) in [6.45, 7) is 3.71. The Morgan fingerprint density at radius 1 is 0.950 bits per heavy atom. The number of aromatic nitrogens is 5. The highest BCUT2D eigenvalue weighted by Crippen LogP contribution is 2.24. The molecule has 10 heteroatoms. The molecule has 0 aliphatic heterocycles. The molecule has 0 saturated carbocycles. The topological polar surface area (TPSA) is 152 Å². The Bertz CT molecular complexity index is 600. The highest BCUT2D eigenvalue weighted by molar-refractivity contribution is 7.99. The van der Waals surface area contributed by atoms with E-state index in [9.17, 15) is 0 Å². The number of hydrogen-bond acceptors (Lipinski definition) is 10. The van der Waals surface area contributed by atoms with Crippen LogP contribution in [-0.2, 0) is 0 Å². The Hall–Kier alpha value is -2.36. The van der Waals surface area contributed by atoms with Crippen LogP contribution in [0.25, 0.3) is 0 Å². The van der Waals surface area contributed by atoms with Crippen LogP contribution < -0.4 is 21.9 Å². The third kappa shape index (κ3) is 3.82. The number of nitrogens with zero attached hydrogens (tertiary/aromatic N) is 5. The van der Waals surface area contributed by atoms with Gasteiger partial charge < -0.3 is 21.9 Å². The van der Waals surface area contributed by atoms with E-state index < -0.39 is 0 Å². The van der Waals surface area contributed by atoms with Gasteiger partial charge in [0.25, 0.3) is 0 Å². The Morgan fingerprint density at radius 3 is 2.15 bits per heavy atom. The van der Waals surface area contributed by atoms with Gasteiger partial charge in [-0.05, 0) is 25.6 Å². The Balaban J connectivity index is 2.26. The van der Waals surface area contributed by atoms with Crippen molar-refractivity contribution in [3.05, 3.63) is 6.07 Å². The van der Waals surface area contributed by atoms with Crippen molar-refractivity contribution in [1.29, 1.82) is 0 Å². The Labute approximate surface area is 119 Å². The van der Waals surface area contributed by atoms with Gasteiger partial charge in [0.2, 0.25) is 11.1 Å². The summed E-state index contributed by atoms with van der Waals surface area (Å²) < 4.78 is 5.38. The first-order chi connectivity index (χ1) is 9.42. The van der Waals surface area contributed by atoms with Gasteiger partial charge in [-0.2, -0.15) is 15.0 Å². The van der Waals surface area contributed by atoms with Gasteiger partial charge in [0, 0.05) is 6.07 Å². The molecule has 9 nitrogen and oxygen atoms in total. The molecule has 0 aliphatic carbocycles. The van der Waals surface area contributed by atoms with Crippen LogP contribution in [0.5, 0.6) is 6.01 Å². The lowest BCUT2D eigenvalue weighted by Gasteiger charge is -2.08. The fraction of sp³-hybridized carbons (Fsp3) is 0.300. The molecule has 106 valence electrons. The lowest BCUT2D eigenvalue weighted by molar-refractivity contribution is 0.219. The van der Waals surface area contributed by atoms with Gasteiger partial charge in [-0.3, -0.25) is 0 Å². The van der Waals surface area contributed by atoms with E-state index in [4.69, 9.17) is 21.9 Å². The van der Waals surface area contributed by atoms with Gasteiger partial charge in [-0.15, -0.1) is 0 Å². The standard InChI is InChI=1S/C10H14N8OS/c1-4(2)19-8-16-7(13)17-10(18-8)20-9-14-5(11)3-6(12)15-9/h3-4H,1-2H3,(H4,11,12,14,15)(H2,13,16,17,18). The number of rotatable bonds is 4. The monoisotopic (exact) mass is 294 g/mol. The number of nitrogen functional groups attached to an aromatic ring is 3. The summed E-state index contributed by atoms with van der Waals surface area (Å²) in [4.78, 5) is 20.0. The normalized spacial score (nSPS) is 10.8. The molecule has 0 atom stereocenters. The molecular formula is C10H14N8OS. The molecule has 2 rings (SSSR count). The fourth-order valence-electron chi connectivity index (χ4n) is 1.25. The second-order valence-electron chi connectivity index (χ2n) is 4.03. The van der Waals surface area contributed by atoms with Crippen molar-refractivity contribution in [2.75, 3.05) is 17.2 Å². The molecular weight excluding hydrogens is 280 g/mol. The molecule has 0 aliphatic rings. The van der Waals surface area contributed by atoms with E-state index in [1.807, 2.05) is 13.8 Å². The maximum Gasteiger partial charge on any atom is 0.322 e. The molecule has 2 heterocycles. The smallest absolute Gasteiger partial charge is 0.322 e. The first kappa shape index (κ1) is 14.1. The zero-order valence-electron chi connectivity index (χ0n) is 10.9. The minimum Gasteiger partial charge on any atom is -0.461 e. The van der Waals surface area contributed by atoms with Crippen LogP contribution in [0.15, 0.2) is 16.4 Å². The van der Waals surface area contributed by atoms with Crippen molar-refractivity contribution < 1.29 is 4.74 Å². The van der Waals surface area contributed by atoms with Crippen LogP contribution in [0.4, 0.5) is 17.6 Å². The maximum atomic E-state index is 5.60. The van der Waals surface area contributed by atoms with Crippen molar-refractivity contribution in [3.63, 3.8) is 0 Å². The van der Waals surface area contributed by atoms with Gasteiger partial charge in [0.1, 0.15) is 11.6 Å². The molecule has 0 amide bonds. The van der Waals surface area contributed by atoms with Crippen molar-refractivity contribution in [2.45, 2.75) is 30.3 Å². The van der Waals surface area contributed by atoms with Crippen LogP contribution in [0.2, 0.25) is 0 Å². The molecule has 6 N–H and O–H groups in total. The average molecular weight is 294 g/mol. The first-order valence-electron chi connectivity index (χ1n) is 5.68. The zero-order chi connectivity index (χ0) is 14.7. The maximum absolute atomic E-state index is 5.60. The first-order valence-corrected chi connectivity index (χ1v) is 6.50. The van der Waals surface area contributed by atoms with Gasteiger partial charge >= 0.3 is 6.01 Å². The van der Waals surface area contributed by atoms with Crippen LogP contribution in [0, 0.1) is 0 Å². The third-order valence-corrected chi connectivity index (χ3v) is 2.61. The lowest BCUT2D eigenvalue weighted by Crippen LogP contribution is -2.11. The zero-order valence-corrected chi connectivity index (χ0v) is 11.8. The van der Waals surface area contributed by atoms with E-state index in [1.165, 1.54) is 6.07 Å². The van der Waals surface area contributed by atoms with Crippen LogP contribution >= 0.6 is 11.8 Å². The van der Waals surface area contributed by atoms with E-state index in [-0.39, 0.29) is 29.7 Å². The van der Waals surface area contributed by atoms with Crippen LogP contribution in [-0.4, -0.2) is 31.0 Å². The average Bonchev–Trinajstić information content (AvgIpc) is 2.24. The van der Waals surface area contributed by atoms with E-state index in [2.05, 4.69) is 24.9 Å². The molecule has 0 saturated heterocycles. The Morgan fingerprint density at radius 2 is 1.55 bits per heavy atom. The second-order valence-corrected chi connectivity index (χ2v) is 4.96. The van der Waals surface area contributed by atoms with Gasteiger partial charge in [0.05, 0.1) is 6.10 Å². The number of hydrogen-bond donors (Lipinski definition) is 3. The summed E-state index contributed by atoms with van der Waals surface area (Å²) in [5.74, 6) is 0.580. The number of nitrogens with two attached hydrogens (primary N) is 3. The van der Waals surface area contributed by atoms with Gasteiger partial charge in [-0.25, -0.2) is 9.97 Å². The van der Waals surface area contributed by atoms with E-state index in [0.29, 0.717) is 10.3 Å². The molecule has 0 spiro atoms. The largest absolute Gasteiger partial charge is 0.461 e. The highest BCUT2D eigenvalue weighted by atomic mass is 32.2. The summed E-state index contributed by atoms with van der Waals surface area (Å²) in [6, 6.07) is 1.60. The summed E-state index contributed by atoms with van der Waals surface area (Å²) in [5, 5.41) is 0.627. The van der Waals surface area contributed by atoms with Crippen LogP contribution in [0.1, 0.15) is 13.8 Å². The van der Waals surface area contributed by atoms with Crippen molar-refractivity contribution in [3.8, 4) is 6.01 Å². The molecule has 2 aromatic heterocycles. The van der Waals surface area contributed by atoms with Crippen LogP contribution in [0.3, 0.4) is 0 Å². The van der Waals surface area contributed by atoms with Gasteiger partial charge in [0.15, 0.2) is 5.16 Å². The van der Waals surface area contributed by atoms with E-state index in [1.54, 1.807) is 0 Å². The number of anilines is 3. The Kier molecular flexibility index (Phi) is 4.03. The van der Waals surface area contributed by atoms with Crippen molar-refractivity contribution in [2.24, 2.45) is 0 Å². The summed E-state index contributed by atoms with van der Waals surface area (Å²) in [7, 11) is 0. The molecule has 0 bridgehead atoms. The predicted molar refractivity (Wildman–Crippen MR) is 75.0 cm³/mol. The SMILES string of the molecule is CC(C)Oc1nc(N)nc(Sc2nc(N)cc(N)n2)n1.